The number of ether oxygens (including phenoxy) is 2. The summed E-state index contributed by atoms with van der Waals surface area (Å²) in [5, 5.41) is 1.26. The number of aryl methyl sites for hydroxylation is 1. The van der Waals surface area contributed by atoms with Crippen LogP contribution in [0, 0.1) is 11.8 Å². The summed E-state index contributed by atoms with van der Waals surface area (Å²) in [4.78, 5) is 15.2. The zero-order valence-electron chi connectivity index (χ0n) is 16.4. The summed E-state index contributed by atoms with van der Waals surface area (Å²) in [7, 11) is 5.40. The summed E-state index contributed by atoms with van der Waals surface area (Å²) in [5.41, 5.74) is 5.43. The van der Waals surface area contributed by atoms with Gasteiger partial charge in [0.2, 0.25) is 0 Å². The minimum atomic E-state index is -0.0692. The van der Waals surface area contributed by atoms with Gasteiger partial charge in [-0.25, -0.2) is 0 Å². The molecule has 4 bridgehead atoms. The number of nitrogens with zero attached hydrogens (tertiary/aromatic N) is 2. The highest BCUT2D eigenvalue weighted by molar-refractivity contribution is 5.88. The molecule has 6 rings (SSSR count). The highest BCUT2D eigenvalue weighted by Crippen LogP contribution is 2.55. The van der Waals surface area contributed by atoms with Crippen LogP contribution in [0.5, 0.6) is 5.75 Å². The number of fused-ring (bicyclic) bond motifs is 4. The van der Waals surface area contributed by atoms with E-state index in [-0.39, 0.29) is 17.9 Å². The van der Waals surface area contributed by atoms with Crippen LogP contribution in [0.25, 0.3) is 10.9 Å². The molecule has 27 heavy (non-hydrogen) atoms. The first kappa shape index (κ1) is 16.9. The van der Waals surface area contributed by atoms with Crippen molar-refractivity contribution >= 4 is 16.9 Å². The molecule has 5 heteroatoms. The zero-order chi connectivity index (χ0) is 18.9. The Kier molecular flexibility index (Phi) is 3.66. The predicted molar refractivity (Wildman–Crippen MR) is 104 cm³/mol. The van der Waals surface area contributed by atoms with Crippen molar-refractivity contribution in [3.8, 4) is 5.75 Å². The molecular formula is C22H26N2O3. The van der Waals surface area contributed by atoms with E-state index >= 15 is 0 Å². The highest BCUT2D eigenvalue weighted by atomic mass is 16.5. The van der Waals surface area contributed by atoms with Gasteiger partial charge in [0, 0.05) is 36.2 Å². The minimum absolute atomic E-state index is 0.0613. The van der Waals surface area contributed by atoms with Gasteiger partial charge in [0.1, 0.15) is 5.75 Å². The van der Waals surface area contributed by atoms with E-state index in [1.54, 1.807) is 7.11 Å². The third kappa shape index (κ3) is 2.12. The SMILES string of the molecule is CC=C1CN2[C@H]3C[C@@H]1[C@H](C(=O)OC)[C@@H]2Cc1c3n(C)c2ccc(OC)cc12. The van der Waals surface area contributed by atoms with Crippen LogP contribution in [0.15, 0.2) is 29.8 Å². The third-order valence-electron chi connectivity index (χ3n) is 7.13. The number of piperidine rings is 3. The van der Waals surface area contributed by atoms with Crippen molar-refractivity contribution in [2.75, 3.05) is 20.8 Å². The maximum absolute atomic E-state index is 12.7. The van der Waals surface area contributed by atoms with Gasteiger partial charge in [0.25, 0.3) is 0 Å². The maximum Gasteiger partial charge on any atom is 0.310 e. The monoisotopic (exact) mass is 366 g/mol. The summed E-state index contributed by atoms with van der Waals surface area (Å²) in [6.07, 6.45) is 4.09. The molecule has 1 unspecified atom stereocenters. The number of rotatable bonds is 2. The molecular weight excluding hydrogens is 340 g/mol. The van der Waals surface area contributed by atoms with Gasteiger partial charge in [-0.05, 0) is 49.4 Å². The number of aromatic nitrogens is 1. The molecule has 2 aromatic rings. The normalized spacial score (nSPS) is 32.6. The Morgan fingerprint density at radius 2 is 2.11 bits per heavy atom. The lowest BCUT2D eigenvalue weighted by Gasteiger charge is -2.57. The van der Waals surface area contributed by atoms with E-state index in [1.807, 2.05) is 6.07 Å². The van der Waals surface area contributed by atoms with Crippen molar-refractivity contribution in [1.82, 2.24) is 9.47 Å². The summed E-state index contributed by atoms with van der Waals surface area (Å²) in [6.45, 7) is 3.06. The number of methoxy groups -OCH3 is 2. The molecule has 0 spiro atoms. The smallest absolute Gasteiger partial charge is 0.310 e. The summed E-state index contributed by atoms with van der Waals surface area (Å²) < 4.78 is 13.1. The second-order valence-electron chi connectivity index (χ2n) is 8.02. The number of esters is 1. The lowest BCUT2D eigenvalue weighted by Crippen LogP contribution is -2.62. The van der Waals surface area contributed by atoms with E-state index in [9.17, 15) is 4.79 Å². The van der Waals surface area contributed by atoms with E-state index in [0.717, 1.165) is 25.1 Å². The fraction of sp³-hybridized carbons (Fsp3) is 0.500. The average Bonchev–Trinajstić information content (AvgIpc) is 2.98. The average molecular weight is 366 g/mol. The van der Waals surface area contributed by atoms with Crippen molar-refractivity contribution in [2.24, 2.45) is 18.9 Å². The highest BCUT2D eigenvalue weighted by Gasteiger charge is 2.56. The second-order valence-corrected chi connectivity index (χ2v) is 8.02. The number of hydrogen-bond donors (Lipinski definition) is 0. The van der Waals surface area contributed by atoms with E-state index < -0.39 is 0 Å². The molecule has 4 aliphatic heterocycles. The van der Waals surface area contributed by atoms with E-state index in [1.165, 1.54) is 34.8 Å². The van der Waals surface area contributed by atoms with Crippen LogP contribution >= 0.6 is 0 Å². The topological polar surface area (TPSA) is 43.7 Å². The molecule has 5 atom stereocenters. The van der Waals surface area contributed by atoms with Crippen LogP contribution in [-0.2, 0) is 23.0 Å². The lowest BCUT2D eigenvalue weighted by atomic mass is 9.64. The van der Waals surface area contributed by atoms with Crippen LogP contribution in [0.1, 0.15) is 30.6 Å². The minimum Gasteiger partial charge on any atom is -0.497 e. The molecule has 0 saturated carbocycles. The lowest BCUT2D eigenvalue weighted by molar-refractivity contribution is -0.157. The van der Waals surface area contributed by atoms with Crippen LogP contribution < -0.4 is 4.74 Å². The molecule has 0 amide bonds. The number of benzene rings is 1. The number of carbonyl (C=O) groups is 1. The first-order chi connectivity index (χ1) is 13.1. The van der Waals surface area contributed by atoms with Gasteiger partial charge in [-0.1, -0.05) is 11.6 Å². The molecule has 0 N–H and O–H groups in total. The fourth-order valence-electron chi connectivity index (χ4n) is 5.94. The van der Waals surface area contributed by atoms with Gasteiger partial charge >= 0.3 is 5.97 Å². The van der Waals surface area contributed by atoms with Gasteiger partial charge in [0.15, 0.2) is 0 Å². The van der Waals surface area contributed by atoms with E-state index in [0.29, 0.717) is 12.0 Å². The number of carbonyl (C=O) groups excluding carboxylic acids is 1. The van der Waals surface area contributed by atoms with Crippen molar-refractivity contribution in [3.63, 3.8) is 0 Å². The number of hydrogen-bond acceptors (Lipinski definition) is 4. The van der Waals surface area contributed by atoms with Gasteiger partial charge in [-0.2, -0.15) is 0 Å². The predicted octanol–water partition coefficient (Wildman–Crippen LogP) is 3.22. The Morgan fingerprint density at radius 1 is 1.30 bits per heavy atom. The van der Waals surface area contributed by atoms with Crippen LogP contribution in [0.3, 0.4) is 0 Å². The Labute approximate surface area is 159 Å². The molecule has 5 nitrogen and oxygen atoms in total. The molecule has 4 aliphatic rings. The van der Waals surface area contributed by atoms with Gasteiger partial charge in [-0.15, -0.1) is 0 Å². The van der Waals surface area contributed by atoms with E-state index in [4.69, 9.17) is 9.47 Å². The molecule has 0 radical (unpaired) electrons. The first-order valence-electron chi connectivity index (χ1n) is 9.72. The molecule has 1 aromatic carbocycles. The standard InChI is InChI=1S/C22H26N2O3/c1-5-12-11-24-18-10-16-15-8-13(26-3)6-7-17(15)23(2)21(16)19(24)9-14(12)20(18)22(25)27-4/h5-8,14,18-20H,9-11H2,1-4H3/t14-,18-,19-,20-/m0/s1. The van der Waals surface area contributed by atoms with Crippen molar-refractivity contribution in [3.05, 3.63) is 41.1 Å². The largest absolute Gasteiger partial charge is 0.497 e. The van der Waals surface area contributed by atoms with Crippen LogP contribution in [-0.4, -0.2) is 42.2 Å². The van der Waals surface area contributed by atoms with Gasteiger partial charge < -0.3 is 14.0 Å². The first-order valence-corrected chi connectivity index (χ1v) is 9.72. The molecule has 1 aromatic heterocycles. The second kappa shape index (κ2) is 5.86. The molecule has 3 fully saturated rings. The van der Waals surface area contributed by atoms with E-state index in [2.05, 4.69) is 41.6 Å². The summed E-state index contributed by atoms with van der Waals surface area (Å²) in [5.74, 6) is 1.05. The van der Waals surface area contributed by atoms with Crippen molar-refractivity contribution in [1.29, 1.82) is 0 Å². The summed E-state index contributed by atoms with van der Waals surface area (Å²) in [6, 6.07) is 6.92. The molecule has 5 heterocycles. The van der Waals surface area contributed by atoms with Crippen molar-refractivity contribution in [2.45, 2.75) is 31.8 Å². The zero-order valence-corrected chi connectivity index (χ0v) is 16.4. The Morgan fingerprint density at radius 3 is 2.81 bits per heavy atom. The number of allylic oxidation sites excluding steroid dienone is 1. The van der Waals surface area contributed by atoms with Crippen molar-refractivity contribution < 1.29 is 14.3 Å². The van der Waals surface area contributed by atoms with Crippen LogP contribution in [0.4, 0.5) is 0 Å². The third-order valence-corrected chi connectivity index (χ3v) is 7.13. The van der Waals surface area contributed by atoms with Gasteiger partial charge in [0.05, 0.1) is 26.2 Å². The molecule has 0 aliphatic carbocycles. The van der Waals surface area contributed by atoms with Gasteiger partial charge in [-0.3, -0.25) is 9.69 Å². The Balaban J connectivity index is 1.70. The van der Waals surface area contributed by atoms with Crippen LogP contribution in [0.2, 0.25) is 0 Å². The Hall–Kier alpha value is -2.27. The Bertz CT molecular complexity index is 974. The fourth-order valence-corrected chi connectivity index (χ4v) is 5.94. The molecule has 3 saturated heterocycles. The quantitative estimate of drug-likeness (QED) is 0.605. The maximum atomic E-state index is 12.7. The summed E-state index contributed by atoms with van der Waals surface area (Å²) >= 11 is 0. The molecule has 142 valence electrons.